The van der Waals surface area contributed by atoms with Gasteiger partial charge in [-0.2, -0.15) is 0 Å². The largest absolute Gasteiger partial charge is 0.346 e. The van der Waals surface area contributed by atoms with E-state index >= 15 is 0 Å². The van der Waals surface area contributed by atoms with E-state index in [1.54, 1.807) is 4.68 Å². The smallest absolute Gasteiger partial charge is 0.291 e. The number of carbonyl (C=O) groups excluding carboxylic acids is 1. The molecule has 1 saturated heterocycles. The number of amides is 1. The standard InChI is InChI=1S/C23H27N5O/c1-17-8-10-20(11-9-17)28-21(16-18-6-4-3-5-7-18)25-22(26-28)23(29)24-19-12-14-27(2)15-13-19/h3-11,19H,12-16H2,1-2H3,(H,24,29). The number of likely N-dealkylation sites (tertiary alicyclic amines) is 1. The van der Waals surface area contributed by atoms with Crippen molar-refractivity contribution in [1.29, 1.82) is 0 Å². The molecule has 1 aliphatic heterocycles. The van der Waals surface area contributed by atoms with Crippen LogP contribution in [-0.2, 0) is 6.42 Å². The zero-order valence-corrected chi connectivity index (χ0v) is 17.0. The minimum absolute atomic E-state index is 0.183. The van der Waals surface area contributed by atoms with Gasteiger partial charge in [0.1, 0.15) is 5.82 Å². The molecular formula is C23H27N5O. The third-order valence-electron chi connectivity index (χ3n) is 5.41. The molecule has 0 bridgehead atoms. The van der Waals surface area contributed by atoms with E-state index in [0.717, 1.165) is 43.0 Å². The van der Waals surface area contributed by atoms with Crippen LogP contribution in [0.2, 0.25) is 0 Å². The Hall–Kier alpha value is -2.99. The minimum atomic E-state index is -0.195. The fraction of sp³-hybridized carbons (Fsp3) is 0.348. The zero-order valence-electron chi connectivity index (χ0n) is 17.0. The summed E-state index contributed by atoms with van der Waals surface area (Å²) in [6.45, 7) is 4.04. The lowest BCUT2D eigenvalue weighted by molar-refractivity contribution is 0.0906. The summed E-state index contributed by atoms with van der Waals surface area (Å²) >= 11 is 0. The fourth-order valence-electron chi connectivity index (χ4n) is 3.63. The topological polar surface area (TPSA) is 63.1 Å². The molecule has 0 unspecified atom stereocenters. The molecule has 1 aliphatic rings. The van der Waals surface area contributed by atoms with E-state index in [-0.39, 0.29) is 17.8 Å². The summed E-state index contributed by atoms with van der Waals surface area (Å²) in [4.78, 5) is 19.7. The van der Waals surface area contributed by atoms with Crippen molar-refractivity contribution in [1.82, 2.24) is 25.0 Å². The second-order valence-corrected chi connectivity index (χ2v) is 7.81. The average Bonchev–Trinajstić information content (AvgIpc) is 3.15. The van der Waals surface area contributed by atoms with Gasteiger partial charge in [0.25, 0.3) is 5.91 Å². The molecule has 0 spiro atoms. The molecular weight excluding hydrogens is 362 g/mol. The van der Waals surface area contributed by atoms with Crippen molar-refractivity contribution in [3.05, 3.63) is 77.4 Å². The van der Waals surface area contributed by atoms with Crippen LogP contribution in [0.25, 0.3) is 5.69 Å². The van der Waals surface area contributed by atoms with Crippen LogP contribution in [0.1, 0.15) is 40.4 Å². The fourth-order valence-corrected chi connectivity index (χ4v) is 3.63. The summed E-state index contributed by atoms with van der Waals surface area (Å²) in [7, 11) is 2.11. The van der Waals surface area contributed by atoms with Crippen LogP contribution in [0.5, 0.6) is 0 Å². The first kappa shape index (κ1) is 19.3. The Morgan fingerprint density at radius 1 is 1.07 bits per heavy atom. The number of piperidine rings is 1. The first-order valence-electron chi connectivity index (χ1n) is 10.1. The van der Waals surface area contributed by atoms with Crippen LogP contribution < -0.4 is 5.32 Å². The van der Waals surface area contributed by atoms with Gasteiger partial charge in [-0.3, -0.25) is 4.79 Å². The quantitative estimate of drug-likeness (QED) is 0.729. The van der Waals surface area contributed by atoms with Crippen LogP contribution in [0.15, 0.2) is 54.6 Å². The molecule has 0 radical (unpaired) electrons. The van der Waals surface area contributed by atoms with Crippen molar-refractivity contribution in [2.24, 2.45) is 0 Å². The zero-order chi connectivity index (χ0) is 20.2. The van der Waals surface area contributed by atoms with E-state index in [1.165, 1.54) is 5.56 Å². The molecule has 1 fully saturated rings. The number of hydrogen-bond donors (Lipinski definition) is 1. The molecule has 0 atom stereocenters. The number of nitrogens with zero attached hydrogens (tertiary/aromatic N) is 4. The van der Waals surface area contributed by atoms with Crippen molar-refractivity contribution in [3.8, 4) is 5.69 Å². The lowest BCUT2D eigenvalue weighted by Crippen LogP contribution is -2.43. The number of aryl methyl sites for hydroxylation is 1. The molecule has 2 aromatic carbocycles. The highest BCUT2D eigenvalue weighted by Gasteiger charge is 2.23. The first-order valence-corrected chi connectivity index (χ1v) is 10.1. The molecule has 1 amide bonds. The van der Waals surface area contributed by atoms with E-state index in [0.29, 0.717) is 6.42 Å². The number of rotatable bonds is 5. The minimum Gasteiger partial charge on any atom is -0.346 e. The van der Waals surface area contributed by atoms with Gasteiger partial charge in [0.15, 0.2) is 0 Å². The van der Waals surface area contributed by atoms with E-state index in [1.807, 2.05) is 42.5 Å². The van der Waals surface area contributed by atoms with Crippen LogP contribution in [-0.4, -0.2) is 51.8 Å². The number of aromatic nitrogens is 3. The number of hydrogen-bond acceptors (Lipinski definition) is 4. The first-order chi connectivity index (χ1) is 14.1. The summed E-state index contributed by atoms with van der Waals surface area (Å²) in [5, 5.41) is 7.69. The Labute approximate surface area is 171 Å². The molecule has 6 nitrogen and oxygen atoms in total. The molecule has 2 heterocycles. The Kier molecular flexibility index (Phi) is 5.71. The van der Waals surface area contributed by atoms with E-state index in [9.17, 15) is 4.79 Å². The van der Waals surface area contributed by atoms with Crippen molar-refractivity contribution >= 4 is 5.91 Å². The Bertz CT molecular complexity index is 957. The van der Waals surface area contributed by atoms with Crippen molar-refractivity contribution < 1.29 is 4.79 Å². The second kappa shape index (κ2) is 8.57. The molecule has 0 aliphatic carbocycles. The Balaban J connectivity index is 1.60. The van der Waals surface area contributed by atoms with Crippen LogP contribution in [0.4, 0.5) is 0 Å². The highest BCUT2D eigenvalue weighted by molar-refractivity contribution is 5.90. The molecule has 29 heavy (non-hydrogen) atoms. The van der Waals surface area contributed by atoms with Gasteiger partial charge in [-0.1, -0.05) is 48.0 Å². The lowest BCUT2D eigenvalue weighted by Gasteiger charge is -2.29. The second-order valence-electron chi connectivity index (χ2n) is 7.81. The molecule has 150 valence electrons. The van der Waals surface area contributed by atoms with Gasteiger partial charge in [-0.05, 0) is 57.6 Å². The van der Waals surface area contributed by atoms with Gasteiger partial charge in [-0.15, -0.1) is 5.10 Å². The molecule has 6 heteroatoms. The van der Waals surface area contributed by atoms with Gasteiger partial charge in [0.2, 0.25) is 5.82 Å². The van der Waals surface area contributed by atoms with Crippen LogP contribution in [0, 0.1) is 6.92 Å². The molecule has 0 saturated carbocycles. The van der Waals surface area contributed by atoms with Gasteiger partial charge in [0.05, 0.1) is 5.69 Å². The third kappa shape index (κ3) is 4.71. The summed E-state index contributed by atoms with van der Waals surface area (Å²) in [6, 6.07) is 18.4. The predicted molar refractivity (Wildman–Crippen MR) is 113 cm³/mol. The van der Waals surface area contributed by atoms with E-state index in [4.69, 9.17) is 0 Å². The predicted octanol–water partition coefficient (Wildman–Crippen LogP) is 2.99. The van der Waals surface area contributed by atoms with Crippen LogP contribution in [0.3, 0.4) is 0 Å². The van der Waals surface area contributed by atoms with Gasteiger partial charge in [-0.25, -0.2) is 9.67 Å². The summed E-state index contributed by atoms with van der Waals surface area (Å²) in [5.41, 5.74) is 3.22. The van der Waals surface area contributed by atoms with Crippen molar-refractivity contribution in [2.45, 2.75) is 32.2 Å². The normalized spacial score (nSPS) is 15.4. The molecule has 4 rings (SSSR count). The summed E-state index contributed by atoms with van der Waals surface area (Å²) in [6.07, 6.45) is 2.53. The van der Waals surface area contributed by atoms with E-state index in [2.05, 4.69) is 46.4 Å². The Morgan fingerprint density at radius 3 is 2.45 bits per heavy atom. The maximum Gasteiger partial charge on any atom is 0.291 e. The molecule has 1 N–H and O–H groups in total. The maximum absolute atomic E-state index is 12.8. The lowest BCUT2D eigenvalue weighted by atomic mass is 10.1. The van der Waals surface area contributed by atoms with Gasteiger partial charge < -0.3 is 10.2 Å². The van der Waals surface area contributed by atoms with Gasteiger partial charge in [0, 0.05) is 12.5 Å². The average molecular weight is 390 g/mol. The SMILES string of the molecule is Cc1ccc(-n2nc(C(=O)NC3CCN(C)CC3)nc2Cc2ccccc2)cc1. The van der Waals surface area contributed by atoms with Crippen molar-refractivity contribution in [3.63, 3.8) is 0 Å². The third-order valence-corrected chi connectivity index (χ3v) is 5.41. The number of benzene rings is 2. The van der Waals surface area contributed by atoms with Gasteiger partial charge >= 0.3 is 0 Å². The molecule has 3 aromatic rings. The Morgan fingerprint density at radius 2 is 1.76 bits per heavy atom. The monoisotopic (exact) mass is 389 g/mol. The summed E-state index contributed by atoms with van der Waals surface area (Å²) < 4.78 is 1.79. The molecule has 1 aromatic heterocycles. The number of nitrogens with one attached hydrogen (secondary N) is 1. The van der Waals surface area contributed by atoms with Crippen LogP contribution >= 0.6 is 0 Å². The van der Waals surface area contributed by atoms with Crippen molar-refractivity contribution in [2.75, 3.05) is 20.1 Å². The number of carbonyl (C=O) groups is 1. The maximum atomic E-state index is 12.8. The van der Waals surface area contributed by atoms with E-state index < -0.39 is 0 Å². The highest BCUT2D eigenvalue weighted by atomic mass is 16.2. The highest BCUT2D eigenvalue weighted by Crippen LogP contribution is 2.16. The summed E-state index contributed by atoms with van der Waals surface area (Å²) in [5.74, 6) is 0.795.